The van der Waals surface area contributed by atoms with Gasteiger partial charge in [-0.1, -0.05) is 32.6 Å². The number of benzene rings is 1. The highest BCUT2D eigenvalue weighted by atomic mass is 28.4. The Kier molecular flexibility index (Phi) is 12.7. The number of methoxy groups -OCH3 is 2. The average Bonchev–Trinajstić information content (AvgIpc) is 2.84. The molecule has 1 rings (SSSR count). The van der Waals surface area contributed by atoms with Gasteiger partial charge in [0, 0.05) is 18.2 Å². The Balaban J connectivity index is 2.92. The van der Waals surface area contributed by atoms with Crippen LogP contribution in [0.4, 0.5) is 4.79 Å². The molecule has 1 aromatic carbocycles. The lowest BCUT2D eigenvalue weighted by Crippen LogP contribution is -2.62. The van der Waals surface area contributed by atoms with Crippen molar-refractivity contribution in [3.05, 3.63) is 35.4 Å². The van der Waals surface area contributed by atoms with Crippen LogP contribution in [0.3, 0.4) is 0 Å². The van der Waals surface area contributed by atoms with E-state index in [1.807, 2.05) is 0 Å². The van der Waals surface area contributed by atoms with Gasteiger partial charge in [-0.2, -0.15) is 0 Å². The topological polar surface area (TPSA) is 112 Å². The van der Waals surface area contributed by atoms with Crippen molar-refractivity contribution in [1.29, 1.82) is 0 Å². The zero-order chi connectivity index (χ0) is 31.6. The number of nitrogens with one attached hydrogen (secondary N) is 2. The summed E-state index contributed by atoms with van der Waals surface area (Å²) in [5.74, 6) is 10.3. The zero-order valence-electron chi connectivity index (χ0n) is 26.5. The first-order valence-electron chi connectivity index (χ1n) is 13.4. The van der Waals surface area contributed by atoms with E-state index in [1.165, 1.54) is 7.11 Å². The molecule has 1 aromatic rings. The molecule has 2 amide bonds. The van der Waals surface area contributed by atoms with Gasteiger partial charge in [0.25, 0.3) is 5.91 Å². The summed E-state index contributed by atoms with van der Waals surface area (Å²) in [7, 11) is 0.883. The molecule has 226 valence electrons. The van der Waals surface area contributed by atoms with E-state index in [2.05, 4.69) is 68.2 Å². The fraction of sp³-hybridized carbons (Fsp3) is 0.581. The minimum Gasteiger partial charge on any atom is -0.467 e. The van der Waals surface area contributed by atoms with Crippen LogP contribution in [0.1, 0.15) is 71.3 Å². The van der Waals surface area contributed by atoms with Gasteiger partial charge in [0.2, 0.25) is 0 Å². The van der Waals surface area contributed by atoms with Crippen molar-refractivity contribution < 1.29 is 33.0 Å². The quantitative estimate of drug-likeness (QED) is 0.246. The summed E-state index contributed by atoms with van der Waals surface area (Å²) in [5, 5.41) is 5.38. The molecule has 2 unspecified atom stereocenters. The third kappa shape index (κ3) is 12.0. The summed E-state index contributed by atoms with van der Waals surface area (Å²) in [5.41, 5.74) is -1.000. The molecule has 0 spiro atoms. The van der Waals surface area contributed by atoms with Gasteiger partial charge in [-0.25, -0.2) is 9.59 Å². The van der Waals surface area contributed by atoms with Crippen LogP contribution in [0.5, 0.6) is 0 Å². The van der Waals surface area contributed by atoms with Gasteiger partial charge in [-0.05, 0) is 88.9 Å². The number of carbonyl (C=O) groups is 3. The van der Waals surface area contributed by atoms with Crippen molar-refractivity contribution in [2.45, 2.75) is 96.8 Å². The lowest BCUT2D eigenvalue weighted by molar-refractivity contribution is -0.144. The lowest BCUT2D eigenvalue weighted by atomic mass is 9.94. The summed E-state index contributed by atoms with van der Waals surface area (Å²) in [4.78, 5) is 37.8. The average molecular weight is 587 g/mol. The third-order valence-electron chi connectivity index (χ3n) is 6.59. The molecule has 9 nitrogen and oxygen atoms in total. The number of esters is 1. The maximum atomic E-state index is 13.0. The Bertz CT molecular complexity index is 1190. The van der Waals surface area contributed by atoms with Crippen LogP contribution in [0, 0.1) is 23.7 Å². The molecule has 0 aliphatic heterocycles. The Labute approximate surface area is 246 Å². The second-order valence-corrected chi connectivity index (χ2v) is 17.5. The van der Waals surface area contributed by atoms with Crippen molar-refractivity contribution in [3.8, 4) is 23.7 Å². The van der Waals surface area contributed by atoms with Gasteiger partial charge in [0.1, 0.15) is 17.7 Å². The van der Waals surface area contributed by atoms with E-state index in [0.717, 1.165) is 0 Å². The summed E-state index contributed by atoms with van der Waals surface area (Å²) in [6, 6.07) is 5.34. The first-order valence-corrected chi connectivity index (χ1v) is 16.3. The van der Waals surface area contributed by atoms with Gasteiger partial charge in [0.05, 0.1) is 19.3 Å². The highest BCUT2D eigenvalue weighted by molar-refractivity contribution is 6.74. The molecule has 0 bridgehead atoms. The maximum Gasteiger partial charge on any atom is 0.408 e. The van der Waals surface area contributed by atoms with E-state index in [0.29, 0.717) is 17.7 Å². The number of carbonyl (C=O) groups excluding carboxylic acids is 3. The van der Waals surface area contributed by atoms with Gasteiger partial charge in [0.15, 0.2) is 8.32 Å². The summed E-state index contributed by atoms with van der Waals surface area (Å²) >= 11 is 0. The fourth-order valence-electron chi connectivity index (χ4n) is 3.10. The molecular formula is C31H46N2O7Si. The van der Waals surface area contributed by atoms with E-state index in [9.17, 15) is 14.4 Å². The molecule has 0 heterocycles. The van der Waals surface area contributed by atoms with E-state index in [4.69, 9.17) is 18.6 Å². The maximum absolute atomic E-state index is 13.0. The van der Waals surface area contributed by atoms with Crippen LogP contribution in [-0.2, 0) is 23.4 Å². The Hall–Kier alpha value is -3.31. The number of rotatable bonds is 9. The van der Waals surface area contributed by atoms with Crippen LogP contribution in [0.15, 0.2) is 24.3 Å². The molecule has 2 N–H and O–H groups in total. The summed E-state index contributed by atoms with van der Waals surface area (Å²) < 4.78 is 21.8. The van der Waals surface area contributed by atoms with Crippen LogP contribution in [-0.4, -0.2) is 70.4 Å². The number of hydrogen-bond donors (Lipinski definition) is 2. The number of amides is 2. The summed E-state index contributed by atoms with van der Waals surface area (Å²) in [6.45, 7) is 19.6. The lowest BCUT2D eigenvalue weighted by Gasteiger charge is -2.36. The minimum absolute atomic E-state index is 0.0923. The molecule has 0 radical (unpaired) electrons. The van der Waals surface area contributed by atoms with Crippen LogP contribution < -0.4 is 10.6 Å². The smallest absolute Gasteiger partial charge is 0.408 e. The molecule has 0 saturated heterocycles. The second kappa shape index (κ2) is 14.5. The van der Waals surface area contributed by atoms with Gasteiger partial charge in [-0.3, -0.25) is 4.79 Å². The standard InChI is InChI=1S/C31H46N2O7Si/c1-29(2,3)40-28(36)33-31(7,8)25(27(35)38-10)32-26(34)23-19-17-22(18-20-23)15-13-14-16-24(37-9)21-39-41(11,12)30(4,5)6/h17-20,24-25H,21H2,1-12H3,(H,32,34)(H,33,36). The molecule has 2 atom stereocenters. The first-order chi connectivity index (χ1) is 18.7. The largest absolute Gasteiger partial charge is 0.467 e. The van der Waals surface area contributed by atoms with Crippen molar-refractivity contribution in [1.82, 2.24) is 10.6 Å². The van der Waals surface area contributed by atoms with E-state index in [-0.39, 0.29) is 11.1 Å². The van der Waals surface area contributed by atoms with E-state index < -0.39 is 43.5 Å². The summed E-state index contributed by atoms with van der Waals surface area (Å²) in [6.07, 6.45) is -1.11. The molecule has 41 heavy (non-hydrogen) atoms. The molecule has 0 saturated carbocycles. The molecule has 0 fully saturated rings. The highest BCUT2D eigenvalue weighted by Crippen LogP contribution is 2.36. The fourth-order valence-corrected chi connectivity index (χ4v) is 4.10. The number of alkyl carbamates (subject to hydrolysis) is 1. The third-order valence-corrected chi connectivity index (χ3v) is 11.1. The van der Waals surface area contributed by atoms with E-state index in [1.54, 1.807) is 66.0 Å². The Morgan fingerprint density at radius 1 is 0.927 bits per heavy atom. The van der Waals surface area contributed by atoms with Crippen LogP contribution >= 0.6 is 0 Å². The minimum atomic E-state index is -1.91. The highest BCUT2D eigenvalue weighted by Gasteiger charge is 2.40. The predicted octanol–water partition coefficient (Wildman–Crippen LogP) is 4.65. The SMILES string of the molecule is COC(=O)C(NC(=O)c1ccc(C#CC#CC(CO[Si](C)(C)C(C)(C)C)OC)cc1)C(C)(C)NC(=O)OC(C)(C)C. The van der Waals surface area contributed by atoms with Gasteiger partial charge >= 0.3 is 12.1 Å². The van der Waals surface area contributed by atoms with E-state index >= 15 is 0 Å². The predicted molar refractivity (Wildman–Crippen MR) is 162 cm³/mol. The number of ether oxygens (including phenoxy) is 3. The van der Waals surface area contributed by atoms with Crippen molar-refractivity contribution >= 4 is 26.3 Å². The van der Waals surface area contributed by atoms with Gasteiger partial charge < -0.3 is 29.3 Å². The molecule has 0 aliphatic rings. The molecule has 0 aromatic heterocycles. The molecular weight excluding hydrogens is 540 g/mol. The van der Waals surface area contributed by atoms with Crippen molar-refractivity contribution in [2.24, 2.45) is 0 Å². The van der Waals surface area contributed by atoms with Crippen molar-refractivity contribution in [3.63, 3.8) is 0 Å². The van der Waals surface area contributed by atoms with Crippen LogP contribution in [0.2, 0.25) is 18.1 Å². The van der Waals surface area contributed by atoms with Gasteiger partial charge in [-0.15, -0.1) is 0 Å². The Morgan fingerprint density at radius 3 is 2.00 bits per heavy atom. The monoisotopic (exact) mass is 586 g/mol. The zero-order valence-corrected chi connectivity index (χ0v) is 27.5. The second-order valence-electron chi connectivity index (χ2n) is 12.7. The first kappa shape index (κ1) is 35.7. The van der Waals surface area contributed by atoms with Crippen molar-refractivity contribution in [2.75, 3.05) is 20.8 Å². The number of hydrogen-bond acceptors (Lipinski definition) is 7. The molecule has 0 aliphatic carbocycles. The van der Waals surface area contributed by atoms with Crippen LogP contribution in [0.25, 0.3) is 0 Å². The normalized spacial score (nSPS) is 13.4. The Morgan fingerprint density at radius 2 is 1.51 bits per heavy atom. The molecule has 10 heteroatoms.